The first-order valence-corrected chi connectivity index (χ1v) is 5.25. The topological polar surface area (TPSA) is 104 Å². The molecule has 0 radical (unpaired) electrons. The Kier molecular flexibility index (Phi) is 2.59. The molecule has 0 spiro atoms. The zero-order valence-corrected chi connectivity index (χ0v) is 9.86. The first-order valence-electron chi connectivity index (χ1n) is 5.25. The van der Waals surface area contributed by atoms with Gasteiger partial charge in [0.25, 0.3) is 0 Å². The van der Waals surface area contributed by atoms with Gasteiger partial charge >= 0.3 is 0 Å². The van der Waals surface area contributed by atoms with E-state index in [4.69, 9.17) is 17.2 Å². The molecule has 0 aliphatic rings. The molecule has 1 aromatic carbocycles. The van der Waals surface area contributed by atoms with Crippen LogP contribution in [0.1, 0.15) is 11.1 Å². The van der Waals surface area contributed by atoms with E-state index in [2.05, 4.69) is 10.2 Å². The summed E-state index contributed by atoms with van der Waals surface area (Å²) in [4.78, 5) is 0. The zero-order chi connectivity index (χ0) is 12.6. The summed E-state index contributed by atoms with van der Waals surface area (Å²) in [5.41, 5.74) is 22.0. The summed E-state index contributed by atoms with van der Waals surface area (Å²) >= 11 is 0. The van der Waals surface area contributed by atoms with E-state index in [-0.39, 0.29) is 0 Å². The normalized spacial score (nSPS) is 10.5. The highest BCUT2D eigenvalue weighted by molar-refractivity contribution is 5.85. The molecule has 88 valence electrons. The monoisotopic (exact) mass is 229 g/mol. The summed E-state index contributed by atoms with van der Waals surface area (Å²) in [6.07, 6.45) is 0. The van der Waals surface area contributed by atoms with Crippen molar-refractivity contribution in [3.8, 4) is 11.3 Å². The van der Waals surface area contributed by atoms with E-state index in [9.17, 15) is 0 Å². The second-order valence-corrected chi connectivity index (χ2v) is 4.06. The molecule has 0 amide bonds. The van der Waals surface area contributed by atoms with Gasteiger partial charge in [0.05, 0.1) is 17.1 Å². The number of hydrogen-bond donors (Lipinski definition) is 3. The Hall–Kier alpha value is -2.30. The highest BCUT2D eigenvalue weighted by Crippen LogP contribution is 2.32. The number of nitrogens with zero attached hydrogens (tertiary/aromatic N) is 2. The molecule has 0 aliphatic carbocycles. The van der Waals surface area contributed by atoms with Crippen LogP contribution in [0.3, 0.4) is 0 Å². The number of aryl methyl sites for hydroxylation is 2. The smallest absolute Gasteiger partial charge is 0.146 e. The molecule has 1 heterocycles. The van der Waals surface area contributed by atoms with Crippen LogP contribution in [0.5, 0.6) is 0 Å². The number of nitrogen functional groups attached to an aromatic ring is 3. The van der Waals surface area contributed by atoms with Crippen LogP contribution in [0.2, 0.25) is 0 Å². The Labute approximate surface area is 99.6 Å². The number of rotatable bonds is 1. The summed E-state index contributed by atoms with van der Waals surface area (Å²) in [6.45, 7) is 3.83. The number of aromatic nitrogens is 2. The lowest BCUT2D eigenvalue weighted by Gasteiger charge is -2.11. The summed E-state index contributed by atoms with van der Waals surface area (Å²) in [5.74, 6) is 0.393. The van der Waals surface area contributed by atoms with Crippen molar-refractivity contribution in [2.75, 3.05) is 17.2 Å². The van der Waals surface area contributed by atoms with Gasteiger partial charge in [0.1, 0.15) is 5.82 Å². The average molecular weight is 229 g/mol. The Balaban J connectivity index is 2.65. The van der Waals surface area contributed by atoms with Crippen molar-refractivity contribution < 1.29 is 0 Å². The molecule has 0 saturated carbocycles. The average Bonchev–Trinajstić information content (AvgIpc) is 2.28. The fraction of sp³-hybridized carbons (Fsp3) is 0.167. The second-order valence-electron chi connectivity index (χ2n) is 4.06. The Morgan fingerprint density at radius 2 is 1.59 bits per heavy atom. The number of benzene rings is 1. The van der Waals surface area contributed by atoms with Crippen LogP contribution in [0.25, 0.3) is 11.3 Å². The molecular formula is C12H15N5. The lowest BCUT2D eigenvalue weighted by Crippen LogP contribution is -2.03. The molecule has 5 nitrogen and oxygen atoms in total. The zero-order valence-electron chi connectivity index (χ0n) is 9.86. The van der Waals surface area contributed by atoms with Crippen LogP contribution >= 0.6 is 0 Å². The van der Waals surface area contributed by atoms with Crippen molar-refractivity contribution in [1.29, 1.82) is 0 Å². The van der Waals surface area contributed by atoms with Gasteiger partial charge in [0.15, 0.2) is 0 Å². The highest BCUT2D eigenvalue weighted by Gasteiger charge is 2.11. The van der Waals surface area contributed by atoms with Gasteiger partial charge in [0, 0.05) is 5.56 Å². The molecule has 0 unspecified atom stereocenters. The Bertz CT molecular complexity index is 577. The fourth-order valence-electron chi connectivity index (χ4n) is 1.72. The van der Waals surface area contributed by atoms with Crippen LogP contribution in [0, 0.1) is 13.8 Å². The fourth-order valence-corrected chi connectivity index (χ4v) is 1.72. The van der Waals surface area contributed by atoms with Gasteiger partial charge in [-0.25, -0.2) is 0 Å². The number of hydrogen-bond acceptors (Lipinski definition) is 5. The van der Waals surface area contributed by atoms with Crippen LogP contribution in [0.15, 0.2) is 18.2 Å². The minimum atomic E-state index is 0.393. The third-order valence-corrected chi connectivity index (χ3v) is 2.76. The van der Waals surface area contributed by atoms with E-state index >= 15 is 0 Å². The Morgan fingerprint density at radius 1 is 0.882 bits per heavy atom. The second kappa shape index (κ2) is 3.93. The van der Waals surface area contributed by atoms with E-state index in [0.29, 0.717) is 22.9 Å². The molecule has 2 rings (SSSR count). The standard InChI is InChI=1S/C12H15N5/c1-6-3-4-8(11(15)10(6)14)12-7(2)5-9(13)16-17-12/h3-5H,14-15H2,1-2H3,(H2,13,16). The third-order valence-electron chi connectivity index (χ3n) is 2.76. The van der Waals surface area contributed by atoms with Crippen molar-refractivity contribution in [3.63, 3.8) is 0 Å². The van der Waals surface area contributed by atoms with Crippen LogP contribution in [-0.4, -0.2) is 10.2 Å². The lowest BCUT2D eigenvalue weighted by atomic mass is 10.0. The van der Waals surface area contributed by atoms with Gasteiger partial charge < -0.3 is 17.2 Å². The first kappa shape index (κ1) is 11.2. The minimum absolute atomic E-state index is 0.393. The maximum Gasteiger partial charge on any atom is 0.146 e. The van der Waals surface area contributed by atoms with Crippen molar-refractivity contribution >= 4 is 17.2 Å². The first-order chi connectivity index (χ1) is 8.00. The summed E-state index contributed by atoms with van der Waals surface area (Å²) in [5, 5.41) is 7.91. The van der Waals surface area contributed by atoms with E-state index in [0.717, 1.165) is 16.7 Å². The molecule has 5 heteroatoms. The van der Waals surface area contributed by atoms with E-state index in [1.54, 1.807) is 6.07 Å². The van der Waals surface area contributed by atoms with E-state index in [1.807, 2.05) is 26.0 Å². The van der Waals surface area contributed by atoms with Crippen LogP contribution in [-0.2, 0) is 0 Å². The highest BCUT2D eigenvalue weighted by atomic mass is 15.1. The van der Waals surface area contributed by atoms with Gasteiger partial charge in [-0.2, -0.15) is 0 Å². The van der Waals surface area contributed by atoms with Gasteiger partial charge in [-0.1, -0.05) is 12.1 Å². The van der Waals surface area contributed by atoms with Gasteiger partial charge in [0.2, 0.25) is 0 Å². The maximum atomic E-state index is 6.00. The van der Waals surface area contributed by atoms with Crippen molar-refractivity contribution in [3.05, 3.63) is 29.3 Å². The summed E-state index contributed by atoms with van der Waals surface area (Å²) in [7, 11) is 0. The molecule has 0 saturated heterocycles. The summed E-state index contributed by atoms with van der Waals surface area (Å²) in [6, 6.07) is 5.57. The lowest BCUT2D eigenvalue weighted by molar-refractivity contribution is 1.03. The van der Waals surface area contributed by atoms with Crippen molar-refractivity contribution in [2.24, 2.45) is 0 Å². The quantitative estimate of drug-likeness (QED) is 0.643. The summed E-state index contributed by atoms with van der Waals surface area (Å²) < 4.78 is 0. The van der Waals surface area contributed by atoms with Gasteiger partial charge in [-0.15, -0.1) is 10.2 Å². The number of anilines is 3. The van der Waals surface area contributed by atoms with E-state index < -0.39 is 0 Å². The SMILES string of the molecule is Cc1cc(N)nnc1-c1ccc(C)c(N)c1N. The predicted octanol–water partition coefficient (Wildman–Crippen LogP) is 1.51. The Morgan fingerprint density at radius 3 is 2.24 bits per heavy atom. The van der Waals surface area contributed by atoms with Crippen molar-refractivity contribution in [1.82, 2.24) is 10.2 Å². The van der Waals surface area contributed by atoms with Crippen LogP contribution < -0.4 is 17.2 Å². The molecule has 0 fully saturated rings. The van der Waals surface area contributed by atoms with E-state index in [1.165, 1.54) is 0 Å². The minimum Gasteiger partial charge on any atom is -0.397 e. The molecule has 0 bridgehead atoms. The molecular weight excluding hydrogens is 214 g/mol. The predicted molar refractivity (Wildman–Crippen MR) is 70.2 cm³/mol. The van der Waals surface area contributed by atoms with Gasteiger partial charge in [-0.05, 0) is 31.0 Å². The molecule has 1 aromatic heterocycles. The van der Waals surface area contributed by atoms with Gasteiger partial charge in [-0.3, -0.25) is 0 Å². The largest absolute Gasteiger partial charge is 0.397 e. The molecule has 6 N–H and O–H groups in total. The number of nitrogens with two attached hydrogens (primary N) is 3. The van der Waals surface area contributed by atoms with Crippen molar-refractivity contribution in [2.45, 2.75) is 13.8 Å². The molecule has 0 atom stereocenters. The molecule has 2 aromatic rings. The molecule has 17 heavy (non-hydrogen) atoms. The maximum absolute atomic E-state index is 6.00. The molecule has 0 aliphatic heterocycles. The third kappa shape index (κ3) is 1.87. The van der Waals surface area contributed by atoms with Crippen LogP contribution in [0.4, 0.5) is 17.2 Å².